The van der Waals surface area contributed by atoms with Crippen molar-refractivity contribution in [2.45, 2.75) is 27.7 Å². The molecule has 0 spiro atoms. The van der Waals surface area contributed by atoms with E-state index in [9.17, 15) is 20.4 Å². The highest BCUT2D eigenvalue weighted by Gasteiger charge is 2.15. The van der Waals surface area contributed by atoms with Gasteiger partial charge in [0.05, 0.1) is 13.2 Å². The first kappa shape index (κ1) is 41.0. The maximum Gasteiger partial charge on any atom is 0.200 e. The second kappa shape index (κ2) is 21.7. The number of allylic oxidation sites excluding steroid dienone is 9. The molecular weight excluding hydrogens is 661 g/mol. The Morgan fingerprint density at radius 1 is 0.528 bits per heavy atom. The summed E-state index contributed by atoms with van der Waals surface area (Å²) in [6.45, 7) is 14.3. The van der Waals surface area contributed by atoms with Gasteiger partial charge >= 0.3 is 0 Å². The molecule has 0 atom stereocenters. The average Bonchev–Trinajstić information content (AvgIpc) is 3.20. The van der Waals surface area contributed by atoms with Gasteiger partial charge in [0, 0.05) is 68.5 Å². The van der Waals surface area contributed by atoms with Gasteiger partial charge in [-0.25, -0.2) is 4.58 Å². The van der Waals surface area contributed by atoms with Gasteiger partial charge in [0.15, 0.2) is 18.8 Å². The average molecular weight is 720 g/mol. The molecule has 0 unspecified atom stereocenters. The van der Waals surface area contributed by atoms with Gasteiger partial charge in [-0.3, -0.25) is 0 Å². The van der Waals surface area contributed by atoms with Crippen molar-refractivity contribution < 1.29 is 25.0 Å². The Morgan fingerprint density at radius 3 is 1.34 bits per heavy atom. The zero-order chi connectivity index (χ0) is 38.0. The Kier molecular flexibility index (Phi) is 16.8. The number of benzene rings is 3. The number of aliphatic hydroxyl groups excluding tert-OH is 4. The molecule has 0 saturated carbocycles. The second-order valence-corrected chi connectivity index (χ2v) is 12.8. The van der Waals surface area contributed by atoms with Crippen molar-refractivity contribution in [2.75, 3.05) is 93.5 Å². The minimum absolute atomic E-state index is 0.00282. The molecule has 1 aliphatic carbocycles. The summed E-state index contributed by atoms with van der Waals surface area (Å²) < 4.78 is 1.97. The maximum absolute atomic E-state index is 9.60. The summed E-state index contributed by atoms with van der Waals surface area (Å²) >= 11 is 0. The Balaban J connectivity index is 1.82. The monoisotopic (exact) mass is 719 g/mol. The predicted molar refractivity (Wildman–Crippen MR) is 223 cm³/mol. The Labute approximate surface area is 317 Å². The molecule has 1 aliphatic rings. The fourth-order valence-electron chi connectivity index (χ4n) is 6.77. The number of nitrogens with zero attached hydrogens (tertiary/aromatic N) is 4. The molecule has 282 valence electrons. The van der Waals surface area contributed by atoms with Crippen LogP contribution in [-0.4, -0.2) is 109 Å². The van der Waals surface area contributed by atoms with Crippen LogP contribution in [0.1, 0.15) is 44.4 Å². The highest BCUT2D eigenvalue weighted by atomic mass is 16.3. The van der Waals surface area contributed by atoms with Crippen LogP contribution in [0.2, 0.25) is 0 Å². The molecule has 8 nitrogen and oxygen atoms in total. The van der Waals surface area contributed by atoms with Crippen LogP contribution >= 0.6 is 0 Å². The van der Waals surface area contributed by atoms with E-state index in [0.717, 1.165) is 71.0 Å². The lowest BCUT2D eigenvalue weighted by atomic mass is 9.94. The van der Waals surface area contributed by atoms with Crippen molar-refractivity contribution in [3.63, 3.8) is 0 Å². The van der Waals surface area contributed by atoms with Gasteiger partial charge < -0.3 is 35.1 Å². The van der Waals surface area contributed by atoms with Gasteiger partial charge in [-0.2, -0.15) is 0 Å². The van der Waals surface area contributed by atoms with Crippen LogP contribution in [0.15, 0.2) is 121 Å². The molecule has 0 fully saturated rings. The zero-order valence-corrected chi connectivity index (χ0v) is 32.0. The molecule has 3 aromatic rings. The number of anilines is 3. The Bertz CT molecular complexity index is 1660. The van der Waals surface area contributed by atoms with E-state index in [-0.39, 0.29) is 26.4 Å². The van der Waals surface area contributed by atoms with Gasteiger partial charge in [0.2, 0.25) is 0 Å². The summed E-state index contributed by atoms with van der Waals surface area (Å²) in [5, 5.41) is 38.4. The molecule has 4 rings (SSSR count). The molecule has 4 N–H and O–H groups in total. The first-order valence-corrected chi connectivity index (χ1v) is 19.0. The van der Waals surface area contributed by atoms with Gasteiger partial charge in [-0.15, -0.1) is 0 Å². The molecule has 0 aromatic heterocycles. The lowest BCUT2D eigenvalue weighted by Gasteiger charge is -2.23. The molecular formula is C45H59N4O4+. The molecule has 0 aliphatic heterocycles. The van der Waals surface area contributed by atoms with Crippen LogP contribution in [0, 0.1) is 0 Å². The molecule has 0 amide bonds. The van der Waals surface area contributed by atoms with E-state index in [0.29, 0.717) is 26.2 Å². The van der Waals surface area contributed by atoms with Gasteiger partial charge in [0.25, 0.3) is 0 Å². The molecule has 0 heterocycles. The maximum atomic E-state index is 9.60. The summed E-state index contributed by atoms with van der Waals surface area (Å²) in [4.78, 5) is 6.67. The minimum atomic E-state index is 0.00282. The normalized spacial score (nSPS) is 12.4. The Hall–Kier alpha value is -4.73. The van der Waals surface area contributed by atoms with E-state index in [1.54, 1.807) is 0 Å². The molecule has 0 saturated heterocycles. The first-order valence-electron chi connectivity index (χ1n) is 19.0. The van der Waals surface area contributed by atoms with E-state index in [2.05, 4.69) is 129 Å². The topological polar surface area (TPSA) is 93.7 Å². The van der Waals surface area contributed by atoms with E-state index < -0.39 is 0 Å². The zero-order valence-electron chi connectivity index (χ0n) is 32.0. The van der Waals surface area contributed by atoms with E-state index in [4.69, 9.17) is 0 Å². The van der Waals surface area contributed by atoms with Crippen molar-refractivity contribution in [2.24, 2.45) is 0 Å². The fraction of sp³-hybridized carbons (Fsp3) is 0.356. The predicted octanol–water partition coefficient (Wildman–Crippen LogP) is 6.18. The summed E-state index contributed by atoms with van der Waals surface area (Å²) in [7, 11) is 0. The SMILES string of the molecule is CCN(CC)c1ccc(C(=CC=CC(=C2C=CC(=[N+](CCO)CCO)C=C2)c2ccc(N(CCO)CCO)cc2)c2ccc(N(CC)CC)cc2)cc1. The van der Waals surface area contributed by atoms with Gasteiger partial charge in [0.1, 0.15) is 13.2 Å². The van der Waals surface area contributed by atoms with Crippen molar-refractivity contribution >= 4 is 33.9 Å². The molecule has 0 bridgehead atoms. The highest BCUT2D eigenvalue weighted by molar-refractivity contribution is 6.03. The third-order valence-corrected chi connectivity index (χ3v) is 9.71. The summed E-state index contributed by atoms with van der Waals surface area (Å²) in [5.74, 6) is 0. The van der Waals surface area contributed by atoms with Crippen molar-refractivity contribution in [1.82, 2.24) is 0 Å². The quantitative estimate of drug-likeness (QED) is 0.0820. The third kappa shape index (κ3) is 11.1. The van der Waals surface area contributed by atoms with E-state index >= 15 is 0 Å². The lowest BCUT2D eigenvalue weighted by Crippen LogP contribution is -2.29. The Morgan fingerprint density at radius 2 is 0.943 bits per heavy atom. The second-order valence-electron chi connectivity index (χ2n) is 12.8. The summed E-state index contributed by atoms with van der Waals surface area (Å²) in [6, 6.07) is 25.9. The molecule has 53 heavy (non-hydrogen) atoms. The summed E-state index contributed by atoms with van der Waals surface area (Å²) in [6.07, 6.45) is 14.7. The van der Waals surface area contributed by atoms with Crippen molar-refractivity contribution in [3.8, 4) is 0 Å². The van der Waals surface area contributed by atoms with Gasteiger partial charge in [-0.1, -0.05) is 54.6 Å². The smallest absolute Gasteiger partial charge is 0.200 e. The standard InChI is InChI=1S/C45H59N4O4/c1-5-46(6-2)40-20-12-36(13-21-40)44(37-14-22-41(23-15-37)47(7-3)8-4)10-9-11-45(38-16-24-42(25-17-38)48(28-32-50)29-33-51)39-18-26-43(27-19-39)49(30-34-52)31-35-53/h9-27,50-53H,5-8,28-35H2,1-4H3/q+1. The number of hydrogen-bond donors (Lipinski definition) is 4. The largest absolute Gasteiger partial charge is 0.395 e. The van der Waals surface area contributed by atoms with Crippen molar-refractivity contribution in [3.05, 3.63) is 138 Å². The van der Waals surface area contributed by atoms with E-state index in [1.165, 1.54) is 11.4 Å². The fourth-order valence-corrected chi connectivity index (χ4v) is 6.77. The third-order valence-electron chi connectivity index (χ3n) is 9.71. The van der Waals surface area contributed by atoms with Crippen LogP contribution in [0.3, 0.4) is 0 Å². The summed E-state index contributed by atoms with van der Waals surface area (Å²) in [5.41, 5.74) is 10.8. The van der Waals surface area contributed by atoms with Crippen molar-refractivity contribution in [1.29, 1.82) is 0 Å². The molecule has 0 radical (unpaired) electrons. The molecule has 3 aromatic carbocycles. The van der Waals surface area contributed by atoms with Crippen LogP contribution in [0.25, 0.3) is 11.1 Å². The first-order chi connectivity index (χ1) is 25.9. The van der Waals surface area contributed by atoms with Crippen LogP contribution < -0.4 is 14.7 Å². The lowest BCUT2D eigenvalue weighted by molar-refractivity contribution is -0.530. The number of hydrogen-bond acceptors (Lipinski definition) is 7. The minimum Gasteiger partial charge on any atom is -0.395 e. The van der Waals surface area contributed by atoms with Crippen LogP contribution in [0.5, 0.6) is 0 Å². The molecule has 8 heteroatoms. The van der Waals surface area contributed by atoms with Crippen LogP contribution in [0.4, 0.5) is 17.1 Å². The van der Waals surface area contributed by atoms with E-state index in [1.807, 2.05) is 33.8 Å². The number of rotatable bonds is 20. The van der Waals surface area contributed by atoms with Crippen LogP contribution in [-0.2, 0) is 0 Å². The highest BCUT2D eigenvalue weighted by Crippen LogP contribution is 2.30. The number of aliphatic hydroxyl groups is 4. The van der Waals surface area contributed by atoms with Gasteiger partial charge in [-0.05, 0) is 110 Å².